The molecule has 0 amide bonds. The lowest BCUT2D eigenvalue weighted by Gasteiger charge is -2.08. The summed E-state index contributed by atoms with van der Waals surface area (Å²) in [5, 5.41) is 17.9. The third-order valence-electron chi connectivity index (χ3n) is 13.1. The van der Waals surface area contributed by atoms with E-state index in [0.717, 1.165) is 133 Å². The first kappa shape index (κ1) is 42.5. The number of fused-ring (bicyclic) bond motifs is 8. The second kappa shape index (κ2) is 16.4. The molecule has 6 heteroatoms. The minimum atomic E-state index is -4.38. The zero-order valence-electron chi connectivity index (χ0n) is 36.9. The van der Waals surface area contributed by atoms with Crippen LogP contribution in [0.2, 0.25) is 0 Å². The molecule has 0 aromatic heterocycles. The van der Waals surface area contributed by atoms with Crippen molar-refractivity contribution in [3.8, 4) is 23.7 Å². The van der Waals surface area contributed by atoms with Crippen LogP contribution in [0.1, 0.15) is 44.5 Å². The maximum atomic E-state index is 13.0. The van der Waals surface area contributed by atoms with Gasteiger partial charge in [-0.15, -0.1) is 0 Å². The third kappa shape index (κ3) is 8.42. The van der Waals surface area contributed by atoms with Gasteiger partial charge in [-0.05, 0) is 255 Å². The van der Waals surface area contributed by atoms with Gasteiger partial charge >= 0.3 is 12.4 Å². The van der Waals surface area contributed by atoms with Gasteiger partial charge in [0.2, 0.25) is 0 Å². The summed E-state index contributed by atoms with van der Waals surface area (Å²) in [7, 11) is 0. The Hall–Kier alpha value is -8.84. The van der Waals surface area contributed by atoms with Crippen molar-refractivity contribution in [3.63, 3.8) is 0 Å². The maximum absolute atomic E-state index is 13.0. The van der Waals surface area contributed by atoms with E-state index in [1.54, 1.807) is 0 Å². The molecule has 0 saturated carbocycles. The molecule has 12 aromatic rings. The van der Waals surface area contributed by atoms with Gasteiger partial charge in [0.15, 0.2) is 0 Å². The van der Waals surface area contributed by atoms with Gasteiger partial charge in [-0.1, -0.05) is 72.2 Å². The quantitative estimate of drug-likeness (QED) is 0.0702. The number of hydrogen-bond donors (Lipinski definition) is 0. The predicted octanol–water partition coefficient (Wildman–Crippen LogP) is 17.9. The molecule has 0 N–H and O–H groups in total. The van der Waals surface area contributed by atoms with Gasteiger partial charge in [0.05, 0.1) is 11.1 Å². The topological polar surface area (TPSA) is 0 Å². The van der Waals surface area contributed by atoms with E-state index in [0.29, 0.717) is 11.1 Å². The molecule has 0 atom stereocenters. The predicted molar refractivity (Wildman–Crippen MR) is 277 cm³/mol. The molecular formula is C64H34F6. The van der Waals surface area contributed by atoms with E-state index in [1.165, 1.54) is 24.3 Å². The molecule has 70 heavy (non-hydrogen) atoms. The average Bonchev–Trinajstić information content (AvgIpc) is 3.35. The van der Waals surface area contributed by atoms with Crippen molar-refractivity contribution in [3.05, 3.63) is 239 Å². The second-order valence-corrected chi connectivity index (χ2v) is 17.8. The summed E-state index contributed by atoms with van der Waals surface area (Å²) in [4.78, 5) is 0. The van der Waals surface area contributed by atoms with Gasteiger partial charge in [0.1, 0.15) is 0 Å². The number of hydrogen-bond acceptors (Lipinski definition) is 0. The molecule has 0 radical (unpaired) electrons. The van der Waals surface area contributed by atoms with E-state index in [1.807, 2.05) is 36.4 Å². The molecule has 0 bridgehead atoms. The van der Waals surface area contributed by atoms with Crippen molar-refractivity contribution in [2.75, 3.05) is 0 Å². The van der Waals surface area contributed by atoms with Crippen LogP contribution in [0.5, 0.6) is 0 Å². The zero-order chi connectivity index (χ0) is 47.7. The number of alkyl halides is 6. The van der Waals surface area contributed by atoms with Crippen molar-refractivity contribution in [1.29, 1.82) is 0 Å². The maximum Gasteiger partial charge on any atom is 0.416 e. The largest absolute Gasteiger partial charge is 0.416 e. The summed E-state index contributed by atoms with van der Waals surface area (Å²) in [6, 6.07) is 61.5. The van der Waals surface area contributed by atoms with Crippen molar-refractivity contribution in [1.82, 2.24) is 0 Å². The van der Waals surface area contributed by atoms with Crippen LogP contribution in [0, 0.1) is 23.7 Å². The third-order valence-corrected chi connectivity index (χ3v) is 13.1. The fraction of sp³-hybridized carbons (Fsp3) is 0.0312. The minimum Gasteiger partial charge on any atom is -0.166 e. The normalized spacial score (nSPS) is 12.1. The van der Waals surface area contributed by atoms with Crippen LogP contribution in [0.3, 0.4) is 0 Å². The van der Waals surface area contributed by atoms with Crippen molar-refractivity contribution in [2.24, 2.45) is 0 Å². The first-order chi connectivity index (χ1) is 33.8. The van der Waals surface area contributed by atoms with Crippen LogP contribution in [-0.2, 0) is 12.4 Å². The summed E-state index contributed by atoms with van der Waals surface area (Å²) in [6.45, 7) is 0. The lowest BCUT2D eigenvalue weighted by Crippen LogP contribution is -2.04. The number of rotatable bonds is 2. The summed E-state index contributed by atoms with van der Waals surface area (Å²) >= 11 is 0. The second-order valence-electron chi connectivity index (χ2n) is 17.8. The Morgan fingerprint density at radius 1 is 0.229 bits per heavy atom. The van der Waals surface area contributed by atoms with Crippen LogP contribution < -0.4 is 0 Å². The Bertz CT molecular complexity index is 4020. The SMILES string of the molecule is FC(F)(F)c1ccc(C#Cc2ccc3cc4cc5cc6cc(C=Cc7ccc8cc9cc%10cc%11cc(C#Cc%12ccc(C(F)(F)F)cc%12)ccc%11cc%10cc9cc8c7)ccc6cc5cc4cc3c2)cc1. The Labute approximate surface area is 397 Å². The Morgan fingerprint density at radius 3 is 0.757 bits per heavy atom. The van der Waals surface area contributed by atoms with Crippen LogP contribution in [0.15, 0.2) is 194 Å². The van der Waals surface area contributed by atoms with E-state index in [9.17, 15) is 26.3 Å². The molecule has 0 heterocycles. The highest BCUT2D eigenvalue weighted by Crippen LogP contribution is 2.35. The smallest absolute Gasteiger partial charge is 0.166 e. The molecule has 332 valence electrons. The molecule has 12 aromatic carbocycles. The van der Waals surface area contributed by atoms with E-state index in [-0.39, 0.29) is 0 Å². The standard InChI is InChI=1S/C64H34F6/c65-63(66,67)61-19-11-39(12-20-61)1-3-41-7-15-45-27-53-37-59-33-51-25-43(9-17-47(51)29-55(59)35-57(53)31-49(45)23-41)5-6-44-10-18-48-30-56-36-58-32-50-24-42(4-2-40-13-21-62(22-14-40)64(68,69)70)8-16-46(50)28-54(58)38-60(56)34-52(48)26-44/h5-38H. The Morgan fingerprint density at radius 2 is 0.457 bits per heavy atom. The first-order valence-electron chi connectivity index (χ1n) is 22.6. The van der Waals surface area contributed by atoms with Crippen LogP contribution >= 0.6 is 0 Å². The van der Waals surface area contributed by atoms with Crippen LogP contribution in [0.25, 0.3) is 98.3 Å². The highest BCUT2D eigenvalue weighted by Gasteiger charge is 2.30. The van der Waals surface area contributed by atoms with Crippen molar-refractivity contribution in [2.45, 2.75) is 12.4 Å². The van der Waals surface area contributed by atoms with Crippen molar-refractivity contribution < 1.29 is 26.3 Å². The minimum absolute atomic E-state index is 0.521. The van der Waals surface area contributed by atoms with E-state index in [2.05, 4.69) is 145 Å². The van der Waals surface area contributed by atoms with Gasteiger partial charge in [0, 0.05) is 22.3 Å². The van der Waals surface area contributed by atoms with Crippen LogP contribution in [0.4, 0.5) is 26.3 Å². The fourth-order valence-corrected chi connectivity index (χ4v) is 9.37. The molecule has 0 aliphatic heterocycles. The molecular weight excluding hydrogens is 883 g/mol. The zero-order valence-corrected chi connectivity index (χ0v) is 36.9. The highest BCUT2D eigenvalue weighted by atomic mass is 19.4. The van der Waals surface area contributed by atoms with E-state index in [4.69, 9.17) is 0 Å². The molecule has 0 saturated heterocycles. The molecule has 0 aliphatic carbocycles. The molecule has 0 aliphatic rings. The lowest BCUT2D eigenvalue weighted by atomic mass is 9.96. The van der Waals surface area contributed by atoms with Crippen molar-refractivity contribution >= 4 is 98.3 Å². The average molecular weight is 917 g/mol. The van der Waals surface area contributed by atoms with Gasteiger partial charge in [-0.3, -0.25) is 0 Å². The molecule has 12 rings (SSSR count). The van der Waals surface area contributed by atoms with Gasteiger partial charge < -0.3 is 0 Å². The summed E-state index contributed by atoms with van der Waals surface area (Å²) in [6.07, 6.45) is -4.44. The van der Waals surface area contributed by atoms with Crippen LogP contribution in [-0.4, -0.2) is 0 Å². The van der Waals surface area contributed by atoms with E-state index >= 15 is 0 Å². The monoisotopic (exact) mass is 916 g/mol. The fourth-order valence-electron chi connectivity index (χ4n) is 9.37. The molecule has 0 spiro atoms. The molecule has 0 unspecified atom stereocenters. The summed E-state index contributed by atoms with van der Waals surface area (Å²) in [5.41, 5.74) is 3.44. The molecule has 0 nitrogen and oxygen atoms in total. The number of halogens is 6. The summed E-state index contributed by atoms with van der Waals surface area (Å²) < 4.78 is 77.9. The van der Waals surface area contributed by atoms with Gasteiger partial charge in [-0.25, -0.2) is 0 Å². The summed E-state index contributed by atoms with van der Waals surface area (Å²) in [5.74, 6) is 12.2. The first-order valence-corrected chi connectivity index (χ1v) is 22.6. The lowest BCUT2D eigenvalue weighted by molar-refractivity contribution is -0.138. The van der Waals surface area contributed by atoms with Gasteiger partial charge in [-0.2, -0.15) is 26.3 Å². The Balaban J connectivity index is 0.780. The highest BCUT2D eigenvalue weighted by molar-refractivity contribution is 6.10. The molecule has 0 fully saturated rings. The number of benzene rings is 12. The van der Waals surface area contributed by atoms with E-state index < -0.39 is 23.5 Å². The van der Waals surface area contributed by atoms with Gasteiger partial charge in [0.25, 0.3) is 0 Å². The Kier molecular flexibility index (Phi) is 9.99.